The first kappa shape index (κ1) is 20.6. The van der Waals surface area contributed by atoms with Gasteiger partial charge in [-0.1, -0.05) is 44.4 Å². The second-order valence-electron chi connectivity index (χ2n) is 6.31. The third-order valence-corrected chi connectivity index (χ3v) is 5.80. The molecule has 0 aromatic heterocycles. The second kappa shape index (κ2) is 10.5. The van der Waals surface area contributed by atoms with E-state index in [2.05, 4.69) is 6.92 Å². The molecule has 0 aliphatic carbocycles. The summed E-state index contributed by atoms with van der Waals surface area (Å²) in [5, 5.41) is -0.223. The third-order valence-electron chi connectivity index (χ3n) is 4.50. The largest absolute Gasteiger partial charge is 0.496 e. The van der Waals surface area contributed by atoms with Crippen molar-refractivity contribution in [1.29, 1.82) is 0 Å². The van der Waals surface area contributed by atoms with Crippen LogP contribution in [0.1, 0.15) is 56.9 Å². The lowest BCUT2D eigenvalue weighted by Gasteiger charge is -2.29. The summed E-state index contributed by atoms with van der Waals surface area (Å²) >= 11 is 1.59. The summed E-state index contributed by atoms with van der Waals surface area (Å²) in [6, 6.07) is 7.15. The summed E-state index contributed by atoms with van der Waals surface area (Å²) in [5.41, 5.74) is 0.925. The zero-order valence-corrected chi connectivity index (χ0v) is 16.7. The topological polar surface area (TPSA) is 55.8 Å². The average molecular weight is 380 g/mol. The molecule has 0 bridgehead atoms. The molecule has 0 saturated carbocycles. The predicted molar refractivity (Wildman–Crippen MR) is 104 cm³/mol. The zero-order chi connectivity index (χ0) is 18.9. The van der Waals surface area contributed by atoms with Gasteiger partial charge in [0.2, 0.25) is 5.91 Å². The van der Waals surface area contributed by atoms with E-state index in [1.807, 2.05) is 24.3 Å². The van der Waals surface area contributed by atoms with Crippen LogP contribution in [0.25, 0.3) is 0 Å². The van der Waals surface area contributed by atoms with Gasteiger partial charge in [-0.05, 0) is 19.4 Å². The van der Waals surface area contributed by atoms with Gasteiger partial charge in [0, 0.05) is 17.7 Å². The Kier molecular flexibility index (Phi) is 8.29. The Balaban J connectivity index is 2.22. The van der Waals surface area contributed by atoms with Crippen LogP contribution in [0, 0.1) is 0 Å². The van der Waals surface area contributed by atoms with E-state index in [1.165, 1.54) is 0 Å². The van der Waals surface area contributed by atoms with Crippen LogP contribution in [-0.4, -0.2) is 42.3 Å². The van der Waals surface area contributed by atoms with Gasteiger partial charge in [-0.15, -0.1) is 11.8 Å². The first-order chi connectivity index (χ1) is 12.6. The molecule has 0 N–H and O–H groups in total. The molecule has 1 aromatic rings. The van der Waals surface area contributed by atoms with Gasteiger partial charge in [0.25, 0.3) is 0 Å². The lowest BCUT2D eigenvalue weighted by Crippen LogP contribution is -2.43. The smallest absolute Gasteiger partial charge is 0.329 e. The van der Waals surface area contributed by atoms with Crippen molar-refractivity contribution in [3.63, 3.8) is 0 Å². The maximum atomic E-state index is 13.0. The van der Waals surface area contributed by atoms with Crippen molar-refractivity contribution in [3.8, 4) is 5.75 Å². The van der Waals surface area contributed by atoms with Crippen LogP contribution in [0.3, 0.4) is 0 Å². The van der Waals surface area contributed by atoms with Gasteiger partial charge >= 0.3 is 5.97 Å². The Morgan fingerprint density at radius 3 is 2.65 bits per heavy atom. The summed E-state index contributed by atoms with van der Waals surface area (Å²) in [6.07, 6.45) is 4.60. The fourth-order valence-corrected chi connectivity index (χ4v) is 4.63. The molecule has 1 aromatic carbocycles. The number of carbonyl (C=O) groups excluding carboxylic acids is 2. The number of esters is 1. The molecule has 0 spiro atoms. The van der Waals surface area contributed by atoms with Crippen molar-refractivity contribution in [1.82, 2.24) is 4.90 Å². The van der Waals surface area contributed by atoms with Crippen molar-refractivity contribution in [2.45, 2.75) is 57.4 Å². The summed E-state index contributed by atoms with van der Waals surface area (Å²) in [4.78, 5) is 27.1. The molecule has 5 nitrogen and oxygen atoms in total. The van der Waals surface area contributed by atoms with Gasteiger partial charge in [-0.3, -0.25) is 4.79 Å². The van der Waals surface area contributed by atoms with Crippen LogP contribution >= 0.6 is 11.8 Å². The Morgan fingerprint density at radius 1 is 1.19 bits per heavy atom. The molecule has 0 radical (unpaired) electrons. The number of benzene rings is 1. The molecular weight excluding hydrogens is 350 g/mol. The predicted octanol–water partition coefficient (Wildman–Crippen LogP) is 4.17. The number of ether oxygens (including phenoxy) is 2. The highest BCUT2D eigenvalue weighted by molar-refractivity contribution is 7.99. The lowest BCUT2D eigenvalue weighted by atomic mass is 10.1. The minimum absolute atomic E-state index is 0.0139. The van der Waals surface area contributed by atoms with Crippen LogP contribution in [0.15, 0.2) is 24.3 Å². The summed E-state index contributed by atoms with van der Waals surface area (Å²) < 4.78 is 10.7. The second-order valence-corrected chi connectivity index (χ2v) is 7.42. The molecule has 2 rings (SSSR count). The first-order valence-electron chi connectivity index (χ1n) is 9.36. The van der Waals surface area contributed by atoms with Gasteiger partial charge in [0.1, 0.15) is 17.2 Å². The van der Waals surface area contributed by atoms with E-state index >= 15 is 0 Å². The summed E-state index contributed by atoms with van der Waals surface area (Å²) in [6.45, 7) is 4.25. The third kappa shape index (κ3) is 4.93. The number of amides is 1. The van der Waals surface area contributed by atoms with Gasteiger partial charge in [-0.25, -0.2) is 4.79 Å². The van der Waals surface area contributed by atoms with Crippen LogP contribution in [-0.2, 0) is 14.3 Å². The normalized spacial score (nSPS) is 19.4. The van der Waals surface area contributed by atoms with E-state index in [0.29, 0.717) is 18.8 Å². The number of unbranched alkanes of at least 4 members (excludes halogenated alkanes) is 3. The van der Waals surface area contributed by atoms with Crippen molar-refractivity contribution >= 4 is 23.6 Å². The number of hydrogen-bond donors (Lipinski definition) is 0. The monoisotopic (exact) mass is 379 g/mol. The van der Waals surface area contributed by atoms with Gasteiger partial charge in [-0.2, -0.15) is 0 Å². The number of methoxy groups -OCH3 is 1. The maximum Gasteiger partial charge on any atom is 0.329 e. The van der Waals surface area contributed by atoms with E-state index in [-0.39, 0.29) is 17.3 Å². The minimum Gasteiger partial charge on any atom is -0.496 e. The average Bonchev–Trinajstić information content (AvgIpc) is 3.10. The van der Waals surface area contributed by atoms with Gasteiger partial charge in [0.15, 0.2) is 0 Å². The van der Waals surface area contributed by atoms with E-state index < -0.39 is 6.04 Å². The minimum atomic E-state index is -0.534. The molecule has 26 heavy (non-hydrogen) atoms. The highest BCUT2D eigenvalue weighted by atomic mass is 32.2. The van der Waals surface area contributed by atoms with E-state index in [4.69, 9.17) is 9.47 Å². The van der Waals surface area contributed by atoms with Gasteiger partial charge < -0.3 is 14.4 Å². The zero-order valence-electron chi connectivity index (χ0n) is 15.9. The number of thioether (sulfide) groups is 1. The molecular formula is C20H29NO4S. The Bertz CT molecular complexity index is 607. The molecule has 144 valence electrons. The number of hydrogen-bond acceptors (Lipinski definition) is 5. The summed E-state index contributed by atoms with van der Waals surface area (Å²) in [5.74, 6) is 0.972. The highest BCUT2D eigenvalue weighted by Gasteiger charge is 2.43. The molecule has 2 atom stereocenters. The maximum absolute atomic E-state index is 13.0. The van der Waals surface area contributed by atoms with Crippen molar-refractivity contribution in [3.05, 3.63) is 29.8 Å². The molecule has 1 aliphatic rings. The van der Waals surface area contributed by atoms with E-state index in [1.54, 1.807) is 30.7 Å². The number of rotatable bonds is 9. The van der Waals surface area contributed by atoms with E-state index in [0.717, 1.165) is 37.0 Å². The Labute approximate surface area is 160 Å². The van der Waals surface area contributed by atoms with Crippen LogP contribution in [0.2, 0.25) is 0 Å². The van der Waals surface area contributed by atoms with Crippen molar-refractivity contribution < 1.29 is 19.1 Å². The molecule has 1 aliphatic heterocycles. The quantitative estimate of drug-likeness (QED) is 0.476. The molecule has 1 amide bonds. The van der Waals surface area contributed by atoms with Crippen molar-refractivity contribution in [2.24, 2.45) is 0 Å². The molecule has 6 heteroatoms. The number of carbonyl (C=O) groups is 2. The molecule has 1 fully saturated rings. The molecule has 1 saturated heterocycles. The van der Waals surface area contributed by atoms with Crippen LogP contribution in [0.4, 0.5) is 0 Å². The Hall–Kier alpha value is -1.69. The first-order valence-corrected chi connectivity index (χ1v) is 10.4. The SMILES string of the molecule is CCCCCCC(=O)N1C(C(=O)OCC)CSC1c1ccccc1OC. The number of para-hydroxylation sites is 1. The fraction of sp³-hybridized carbons (Fsp3) is 0.600. The number of nitrogens with zero attached hydrogens (tertiary/aromatic N) is 1. The van der Waals surface area contributed by atoms with Crippen LogP contribution in [0.5, 0.6) is 5.75 Å². The molecule has 2 unspecified atom stereocenters. The fourth-order valence-electron chi connectivity index (χ4n) is 3.17. The summed E-state index contributed by atoms with van der Waals surface area (Å²) in [7, 11) is 1.62. The Morgan fingerprint density at radius 2 is 1.96 bits per heavy atom. The molecule has 1 heterocycles. The lowest BCUT2D eigenvalue weighted by molar-refractivity contribution is -0.153. The highest BCUT2D eigenvalue weighted by Crippen LogP contribution is 2.45. The van der Waals surface area contributed by atoms with Crippen LogP contribution < -0.4 is 4.74 Å². The van der Waals surface area contributed by atoms with Crippen molar-refractivity contribution in [2.75, 3.05) is 19.5 Å². The van der Waals surface area contributed by atoms with E-state index in [9.17, 15) is 9.59 Å². The van der Waals surface area contributed by atoms with Gasteiger partial charge in [0.05, 0.1) is 13.7 Å². The standard InChI is InChI=1S/C20H29NO4S/c1-4-6-7-8-13-18(22)21-16(20(23)25-5-2)14-26-19(21)15-11-9-10-12-17(15)24-3/h9-12,16,19H,4-8,13-14H2,1-3H3.